The van der Waals surface area contributed by atoms with Crippen LogP contribution in [0, 0.1) is 25.2 Å². The minimum absolute atomic E-state index is 0.0373. The summed E-state index contributed by atoms with van der Waals surface area (Å²) in [5.74, 6) is -0.373. The van der Waals surface area contributed by atoms with Crippen molar-refractivity contribution in [1.82, 2.24) is 24.0 Å². The molecule has 8 heteroatoms. The number of fused-ring (bicyclic) bond motifs is 2. The summed E-state index contributed by atoms with van der Waals surface area (Å²) < 4.78 is 8.63. The van der Waals surface area contributed by atoms with Gasteiger partial charge in [-0.1, -0.05) is 6.07 Å². The van der Waals surface area contributed by atoms with Crippen molar-refractivity contribution in [2.75, 3.05) is 0 Å². The zero-order valence-corrected chi connectivity index (χ0v) is 14.2. The highest BCUT2D eigenvalue weighted by molar-refractivity contribution is 5.85. The maximum atomic E-state index is 12.3. The molecule has 0 atom stereocenters. The first-order valence-corrected chi connectivity index (χ1v) is 7.93. The molecule has 0 fully saturated rings. The fraction of sp³-hybridized carbons (Fsp3) is 0.167. The van der Waals surface area contributed by atoms with E-state index >= 15 is 0 Å². The average molecular weight is 346 g/mol. The maximum absolute atomic E-state index is 12.3. The van der Waals surface area contributed by atoms with E-state index in [2.05, 4.69) is 21.1 Å². The van der Waals surface area contributed by atoms with Gasteiger partial charge in [0.25, 0.3) is 11.6 Å². The standard InChI is InChI=1S/C18H14N6O2/c1-11-7-12(2)24-18(20-11)21-16(22-24)17(25)26-10-13-9-23-6-4-3-5-15(23)14(13)8-19/h3-7,9H,10H2,1-2H3. The van der Waals surface area contributed by atoms with Gasteiger partial charge in [0, 0.05) is 29.3 Å². The third kappa shape index (κ3) is 2.56. The SMILES string of the molecule is Cc1cc(C)n2nc(C(=O)OCc3cn4ccccc4c3C#N)nc2n1. The molecule has 4 rings (SSSR count). The lowest BCUT2D eigenvalue weighted by Gasteiger charge is -2.00. The first kappa shape index (κ1) is 15.8. The van der Waals surface area contributed by atoms with Crippen molar-refractivity contribution in [2.24, 2.45) is 0 Å². The van der Waals surface area contributed by atoms with Gasteiger partial charge in [-0.05, 0) is 32.0 Å². The fourth-order valence-electron chi connectivity index (χ4n) is 2.88. The van der Waals surface area contributed by atoms with Crippen molar-refractivity contribution < 1.29 is 9.53 Å². The summed E-state index contributed by atoms with van der Waals surface area (Å²) in [6, 6.07) is 9.56. The van der Waals surface area contributed by atoms with Crippen LogP contribution in [-0.4, -0.2) is 30.0 Å². The third-order valence-corrected chi connectivity index (χ3v) is 4.03. The number of carbonyl (C=O) groups excluding carboxylic acids is 1. The number of hydrogen-bond acceptors (Lipinski definition) is 6. The number of ether oxygens (including phenoxy) is 1. The Morgan fingerprint density at radius 2 is 2.15 bits per heavy atom. The molecule has 0 aliphatic rings. The predicted molar refractivity (Wildman–Crippen MR) is 91.5 cm³/mol. The number of aryl methyl sites for hydroxylation is 2. The molecule has 0 aromatic carbocycles. The van der Waals surface area contributed by atoms with Crippen LogP contribution in [0.3, 0.4) is 0 Å². The molecule has 0 spiro atoms. The number of hydrogen-bond donors (Lipinski definition) is 0. The van der Waals surface area contributed by atoms with Crippen LogP contribution in [0.2, 0.25) is 0 Å². The van der Waals surface area contributed by atoms with E-state index in [1.165, 1.54) is 4.52 Å². The predicted octanol–water partition coefficient (Wildman–Crippen LogP) is 2.22. The molecule has 4 heterocycles. The number of carbonyl (C=O) groups is 1. The number of aromatic nitrogens is 5. The molecule has 0 bridgehead atoms. The molecule has 4 aromatic heterocycles. The van der Waals surface area contributed by atoms with Crippen molar-refractivity contribution >= 4 is 17.3 Å². The molecule has 0 radical (unpaired) electrons. The van der Waals surface area contributed by atoms with Crippen LogP contribution < -0.4 is 0 Å². The van der Waals surface area contributed by atoms with Gasteiger partial charge in [0.05, 0.1) is 11.1 Å². The molecule has 8 nitrogen and oxygen atoms in total. The molecule has 0 unspecified atom stereocenters. The smallest absolute Gasteiger partial charge is 0.378 e. The van der Waals surface area contributed by atoms with E-state index in [0.717, 1.165) is 16.9 Å². The number of nitriles is 1. The van der Waals surface area contributed by atoms with Crippen molar-refractivity contribution in [3.63, 3.8) is 0 Å². The van der Waals surface area contributed by atoms with Crippen molar-refractivity contribution in [2.45, 2.75) is 20.5 Å². The molecule has 0 N–H and O–H groups in total. The Morgan fingerprint density at radius 1 is 1.31 bits per heavy atom. The fourth-order valence-corrected chi connectivity index (χ4v) is 2.88. The number of pyridine rings is 1. The van der Waals surface area contributed by atoms with Gasteiger partial charge in [0.1, 0.15) is 12.7 Å². The second-order valence-electron chi connectivity index (χ2n) is 5.90. The average Bonchev–Trinajstić information content (AvgIpc) is 3.20. The highest BCUT2D eigenvalue weighted by Gasteiger charge is 2.18. The van der Waals surface area contributed by atoms with Gasteiger partial charge in [-0.15, -0.1) is 5.10 Å². The molecule has 0 amide bonds. The summed E-state index contributed by atoms with van der Waals surface area (Å²) in [5.41, 5.74) is 3.49. The summed E-state index contributed by atoms with van der Waals surface area (Å²) in [5, 5.41) is 13.5. The van der Waals surface area contributed by atoms with Crippen LogP contribution in [0.4, 0.5) is 0 Å². The molecule has 0 saturated carbocycles. The number of nitrogens with zero attached hydrogens (tertiary/aromatic N) is 6. The monoisotopic (exact) mass is 346 g/mol. The minimum Gasteiger partial charge on any atom is -0.455 e. The largest absolute Gasteiger partial charge is 0.455 e. The zero-order valence-electron chi connectivity index (χ0n) is 14.2. The molecule has 0 aliphatic carbocycles. The topological polar surface area (TPSA) is 97.6 Å². The first-order chi connectivity index (χ1) is 12.6. The lowest BCUT2D eigenvalue weighted by atomic mass is 10.2. The second kappa shape index (κ2) is 5.97. The summed E-state index contributed by atoms with van der Waals surface area (Å²) >= 11 is 0. The third-order valence-electron chi connectivity index (χ3n) is 4.03. The molecule has 128 valence electrons. The Bertz CT molecular complexity index is 1200. The van der Waals surface area contributed by atoms with Gasteiger partial charge in [-0.3, -0.25) is 0 Å². The number of esters is 1. The van der Waals surface area contributed by atoms with E-state index < -0.39 is 5.97 Å². The van der Waals surface area contributed by atoms with E-state index in [1.807, 2.05) is 48.7 Å². The summed E-state index contributed by atoms with van der Waals surface area (Å²) in [6.07, 6.45) is 3.61. The Labute approximate surface area is 148 Å². The molecule has 4 aromatic rings. The lowest BCUT2D eigenvalue weighted by molar-refractivity contribution is 0.0458. The Kier molecular flexibility index (Phi) is 3.62. The molecular weight excluding hydrogens is 332 g/mol. The van der Waals surface area contributed by atoms with E-state index in [9.17, 15) is 10.1 Å². The van der Waals surface area contributed by atoms with Gasteiger partial charge in [-0.25, -0.2) is 14.3 Å². The van der Waals surface area contributed by atoms with Crippen LogP contribution >= 0.6 is 0 Å². The molecule has 0 saturated heterocycles. The van der Waals surface area contributed by atoms with Gasteiger partial charge < -0.3 is 9.14 Å². The molecular formula is C18H14N6O2. The summed E-state index contributed by atoms with van der Waals surface area (Å²) in [6.45, 7) is 3.67. The normalized spacial score (nSPS) is 11.0. The van der Waals surface area contributed by atoms with Crippen LogP contribution in [0.15, 0.2) is 36.7 Å². The van der Waals surface area contributed by atoms with Gasteiger partial charge in [-0.2, -0.15) is 10.2 Å². The van der Waals surface area contributed by atoms with Gasteiger partial charge in [0.2, 0.25) is 0 Å². The van der Waals surface area contributed by atoms with E-state index in [-0.39, 0.29) is 12.4 Å². The lowest BCUT2D eigenvalue weighted by Crippen LogP contribution is -2.08. The van der Waals surface area contributed by atoms with Crippen molar-refractivity contribution in [3.05, 3.63) is 65.0 Å². The summed E-state index contributed by atoms with van der Waals surface area (Å²) in [7, 11) is 0. The van der Waals surface area contributed by atoms with E-state index in [1.54, 1.807) is 6.20 Å². The Morgan fingerprint density at radius 3 is 2.96 bits per heavy atom. The second-order valence-corrected chi connectivity index (χ2v) is 5.90. The van der Waals surface area contributed by atoms with E-state index in [4.69, 9.17) is 4.74 Å². The minimum atomic E-state index is -0.660. The Hall–Kier alpha value is -3.73. The zero-order chi connectivity index (χ0) is 18.3. The Balaban J connectivity index is 1.60. The summed E-state index contributed by atoms with van der Waals surface area (Å²) in [4.78, 5) is 20.7. The molecule has 0 aliphatic heterocycles. The van der Waals surface area contributed by atoms with Crippen molar-refractivity contribution in [3.8, 4) is 6.07 Å². The van der Waals surface area contributed by atoms with Crippen molar-refractivity contribution in [1.29, 1.82) is 5.26 Å². The van der Waals surface area contributed by atoms with Crippen LogP contribution in [0.5, 0.6) is 0 Å². The quantitative estimate of drug-likeness (QED) is 0.528. The highest BCUT2D eigenvalue weighted by Crippen LogP contribution is 2.19. The first-order valence-electron chi connectivity index (χ1n) is 7.93. The van der Waals surface area contributed by atoms with Crippen LogP contribution in [-0.2, 0) is 11.3 Å². The number of rotatable bonds is 3. The van der Waals surface area contributed by atoms with E-state index in [0.29, 0.717) is 16.9 Å². The van der Waals surface area contributed by atoms with Gasteiger partial charge >= 0.3 is 5.97 Å². The molecule has 26 heavy (non-hydrogen) atoms. The van der Waals surface area contributed by atoms with Crippen LogP contribution in [0.25, 0.3) is 11.3 Å². The maximum Gasteiger partial charge on any atom is 0.378 e. The van der Waals surface area contributed by atoms with Crippen LogP contribution in [0.1, 0.15) is 33.1 Å². The highest BCUT2D eigenvalue weighted by atomic mass is 16.5. The van der Waals surface area contributed by atoms with Gasteiger partial charge in [0.15, 0.2) is 0 Å².